The van der Waals surface area contributed by atoms with Crippen LogP contribution >= 0.6 is 0 Å². The van der Waals surface area contributed by atoms with Gasteiger partial charge in [-0.25, -0.2) is 0 Å². The number of hydrogen-bond acceptors (Lipinski definition) is 3. The Bertz CT molecular complexity index is 188. The van der Waals surface area contributed by atoms with E-state index in [9.17, 15) is 0 Å². The van der Waals surface area contributed by atoms with Gasteiger partial charge in [-0.2, -0.15) is 5.26 Å². The summed E-state index contributed by atoms with van der Waals surface area (Å²) in [7, 11) is 1.69. The van der Waals surface area contributed by atoms with E-state index in [-0.39, 0.29) is 12.0 Å². The van der Waals surface area contributed by atoms with E-state index in [2.05, 4.69) is 6.07 Å². The van der Waals surface area contributed by atoms with E-state index in [1.165, 1.54) is 12.8 Å². The highest BCUT2D eigenvalue weighted by Crippen LogP contribution is 2.26. The molecule has 0 saturated heterocycles. The molecule has 0 aromatic heterocycles. The van der Waals surface area contributed by atoms with Crippen LogP contribution in [0, 0.1) is 17.2 Å². The molecule has 0 amide bonds. The summed E-state index contributed by atoms with van der Waals surface area (Å²) in [5, 5.41) is 8.91. The SMILES string of the molecule is COCCCOC1CCCCC1C#N. The van der Waals surface area contributed by atoms with Crippen molar-refractivity contribution in [3.8, 4) is 6.07 Å². The molecule has 0 bridgehead atoms. The van der Waals surface area contributed by atoms with Crippen LogP contribution in [0.2, 0.25) is 0 Å². The zero-order valence-electron chi connectivity index (χ0n) is 8.87. The molecule has 3 heteroatoms. The van der Waals surface area contributed by atoms with Gasteiger partial charge in [0.1, 0.15) is 0 Å². The van der Waals surface area contributed by atoms with Gasteiger partial charge in [0.15, 0.2) is 0 Å². The first-order chi connectivity index (χ1) is 6.88. The van der Waals surface area contributed by atoms with Crippen molar-refractivity contribution in [2.75, 3.05) is 20.3 Å². The molecule has 0 heterocycles. The molecule has 0 spiro atoms. The van der Waals surface area contributed by atoms with Gasteiger partial charge in [0.05, 0.1) is 18.1 Å². The van der Waals surface area contributed by atoms with Crippen LogP contribution in [0.25, 0.3) is 0 Å². The standard InChI is InChI=1S/C11H19NO2/c1-13-7-4-8-14-11-6-3-2-5-10(11)9-12/h10-11H,2-8H2,1H3. The minimum absolute atomic E-state index is 0.117. The van der Waals surface area contributed by atoms with E-state index in [0.29, 0.717) is 0 Å². The van der Waals surface area contributed by atoms with Crippen LogP contribution in [0.5, 0.6) is 0 Å². The second kappa shape index (κ2) is 6.80. The Labute approximate surface area is 86.0 Å². The predicted molar refractivity (Wildman–Crippen MR) is 53.8 cm³/mol. The predicted octanol–water partition coefficient (Wildman–Crippen LogP) is 2.12. The molecule has 0 aromatic carbocycles. The van der Waals surface area contributed by atoms with Crippen molar-refractivity contribution in [1.82, 2.24) is 0 Å². The first-order valence-corrected chi connectivity index (χ1v) is 5.38. The molecule has 0 N–H and O–H groups in total. The third-order valence-corrected chi connectivity index (χ3v) is 2.69. The quantitative estimate of drug-likeness (QED) is 0.634. The lowest BCUT2D eigenvalue weighted by Gasteiger charge is -2.26. The number of nitrogens with zero attached hydrogens (tertiary/aromatic N) is 1. The second-order valence-electron chi connectivity index (χ2n) is 3.78. The smallest absolute Gasteiger partial charge is 0.0733 e. The topological polar surface area (TPSA) is 42.2 Å². The normalized spacial score (nSPS) is 27.1. The molecule has 1 aliphatic rings. The Morgan fingerprint density at radius 3 is 2.79 bits per heavy atom. The van der Waals surface area contributed by atoms with Crippen molar-refractivity contribution in [2.45, 2.75) is 38.2 Å². The summed E-state index contributed by atoms with van der Waals surface area (Å²) >= 11 is 0. The molecule has 1 rings (SSSR count). The van der Waals surface area contributed by atoms with Crippen molar-refractivity contribution in [3.05, 3.63) is 0 Å². The van der Waals surface area contributed by atoms with Gasteiger partial charge in [-0.3, -0.25) is 0 Å². The van der Waals surface area contributed by atoms with Crippen LogP contribution in [0.3, 0.4) is 0 Å². The van der Waals surface area contributed by atoms with Gasteiger partial charge < -0.3 is 9.47 Å². The molecule has 80 valence electrons. The average Bonchev–Trinajstić information content (AvgIpc) is 2.25. The first-order valence-electron chi connectivity index (χ1n) is 5.38. The fourth-order valence-corrected chi connectivity index (χ4v) is 1.88. The van der Waals surface area contributed by atoms with Gasteiger partial charge in [0.25, 0.3) is 0 Å². The Morgan fingerprint density at radius 1 is 1.29 bits per heavy atom. The number of ether oxygens (including phenoxy) is 2. The molecule has 3 nitrogen and oxygen atoms in total. The molecule has 0 radical (unpaired) electrons. The maximum absolute atomic E-state index is 8.91. The monoisotopic (exact) mass is 197 g/mol. The van der Waals surface area contributed by atoms with Crippen molar-refractivity contribution in [2.24, 2.45) is 5.92 Å². The van der Waals surface area contributed by atoms with Crippen LogP contribution in [-0.2, 0) is 9.47 Å². The van der Waals surface area contributed by atoms with Gasteiger partial charge in [-0.05, 0) is 19.3 Å². The van der Waals surface area contributed by atoms with Crippen molar-refractivity contribution >= 4 is 0 Å². The Morgan fingerprint density at radius 2 is 2.07 bits per heavy atom. The zero-order chi connectivity index (χ0) is 10.2. The first kappa shape index (κ1) is 11.5. The zero-order valence-corrected chi connectivity index (χ0v) is 8.87. The Balaban J connectivity index is 2.17. The maximum atomic E-state index is 8.91. The van der Waals surface area contributed by atoms with E-state index in [0.717, 1.165) is 32.5 Å². The van der Waals surface area contributed by atoms with E-state index < -0.39 is 0 Å². The number of methoxy groups -OCH3 is 1. The third kappa shape index (κ3) is 3.65. The Hall–Kier alpha value is -0.590. The van der Waals surface area contributed by atoms with E-state index >= 15 is 0 Å². The van der Waals surface area contributed by atoms with Crippen LogP contribution in [0.1, 0.15) is 32.1 Å². The van der Waals surface area contributed by atoms with Gasteiger partial charge in [0.2, 0.25) is 0 Å². The number of nitriles is 1. The molecule has 1 saturated carbocycles. The summed E-state index contributed by atoms with van der Waals surface area (Å²) in [5.41, 5.74) is 0. The summed E-state index contributed by atoms with van der Waals surface area (Å²) in [6.07, 6.45) is 5.52. The average molecular weight is 197 g/mol. The summed E-state index contributed by atoms with van der Waals surface area (Å²) in [5.74, 6) is 0.117. The summed E-state index contributed by atoms with van der Waals surface area (Å²) < 4.78 is 10.6. The number of hydrogen-bond donors (Lipinski definition) is 0. The summed E-state index contributed by atoms with van der Waals surface area (Å²) in [6, 6.07) is 2.34. The highest BCUT2D eigenvalue weighted by atomic mass is 16.5. The lowest BCUT2D eigenvalue weighted by atomic mass is 9.87. The maximum Gasteiger partial charge on any atom is 0.0733 e. The van der Waals surface area contributed by atoms with Gasteiger partial charge in [0, 0.05) is 20.3 Å². The fraction of sp³-hybridized carbons (Fsp3) is 0.909. The van der Waals surface area contributed by atoms with Crippen molar-refractivity contribution in [3.63, 3.8) is 0 Å². The fourth-order valence-electron chi connectivity index (χ4n) is 1.88. The molecule has 14 heavy (non-hydrogen) atoms. The van der Waals surface area contributed by atoms with Gasteiger partial charge in [-0.1, -0.05) is 12.8 Å². The Kier molecular flexibility index (Phi) is 5.58. The summed E-state index contributed by atoms with van der Waals surface area (Å²) in [6.45, 7) is 1.46. The largest absolute Gasteiger partial charge is 0.385 e. The van der Waals surface area contributed by atoms with Crippen molar-refractivity contribution < 1.29 is 9.47 Å². The molecule has 1 fully saturated rings. The molecule has 0 aliphatic heterocycles. The molecule has 2 atom stereocenters. The van der Waals surface area contributed by atoms with Gasteiger partial charge >= 0.3 is 0 Å². The molecule has 1 aliphatic carbocycles. The van der Waals surface area contributed by atoms with Crippen LogP contribution in [0.15, 0.2) is 0 Å². The minimum atomic E-state index is 0.117. The molecule has 0 aromatic rings. The van der Waals surface area contributed by atoms with E-state index in [1.54, 1.807) is 7.11 Å². The highest BCUT2D eigenvalue weighted by molar-refractivity contribution is 4.91. The third-order valence-electron chi connectivity index (χ3n) is 2.69. The number of rotatable bonds is 5. The van der Waals surface area contributed by atoms with Crippen LogP contribution in [0.4, 0.5) is 0 Å². The highest BCUT2D eigenvalue weighted by Gasteiger charge is 2.25. The molecular weight excluding hydrogens is 178 g/mol. The molecule has 2 unspecified atom stereocenters. The lowest BCUT2D eigenvalue weighted by Crippen LogP contribution is -2.27. The van der Waals surface area contributed by atoms with E-state index in [4.69, 9.17) is 14.7 Å². The molecular formula is C11H19NO2. The lowest BCUT2D eigenvalue weighted by molar-refractivity contribution is -0.00201. The van der Waals surface area contributed by atoms with Crippen LogP contribution in [-0.4, -0.2) is 26.4 Å². The second-order valence-corrected chi connectivity index (χ2v) is 3.78. The van der Waals surface area contributed by atoms with E-state index in [1.807, 2.05) is 0 Å². The minimum Gasteiger partial charge on any atom is -0.385 e. The summed E-state index contributed by atoms with van der Waals surface area (Å²) in [4.78, 5) is 0. The van der Waals surface area contributed by atoms with Crippen molar-refractivity contribution in [1.29, 1.82) is 5.26 Å². The van der Waals surface area contributed by atoms with Gasteiger partial charge in [-0.15, -0.1) is 0 Å². The van der Waals surface area contributed by atoms with Crippen LogP contribution < -0.4 is 0 Å².